The molecular formula is C15H23NO3. The molecule has 0 aliphatic carbocycles. The summed E-state index contributed by atoms with van der Waals surface area (Å²) in [5.74, 6) is 0.524. The average Bonchev–Trinajstić information content (AvgIpc) is 2.33. The van der Waals surface area contributed by atoms with Crippen molar-refractivity contribution in [3.63, 3.8) is 0 Å². The average molecular weight is 265 g/mol. The summed E-state index contributed by atoms with van der Waals surface area (Å²) in [6.07, 6.45) is 2.66. The molecule has 1 rings (SSSR count). The van der Waals surface area contributed by atoms with Crippen molar-refractivity contribution in [1.82, 2.24) is 5.32 Å². The van der Waals surface area contributed by atoms with Gasteiger partial charge in [0.05, 0.1) is 0 Å². The first-order valence-electron chi connectivity index (χ1n) is 6.78. The SMILES string of the molecule is CCCCCNC(=O)C(C)Oc1cc(C)cc(O)c1. The van der Waals surface area contributed by atoms with Crippen molar-refractivity contribution in [2.24, 2.45) is 0 Å². The molecule has 0 bridgehead atoms. The number of hydrogen-bond donors (Lipinski definition) is 2. The van der Waals surface area contributed by atoms with Gasteiger partial charge in [0.1, 0.15) is 11.5 Å². The van der Waals surface area contributed by atoms with E-state index in [0.29, 0.717) is 12.3 Å². The Hall–Kier alpha value is -1.71. The number of carbonyl (C=O) groups is 1. The van der Waals surface area contributed by atoms with E-state index < -0.39 is 6.10 Å². The highest BCUT2D eigenvalue weighted by Crippen LogP contribution is 2.22. The van der Waals surface area contributed by atoms with Crippen LogP contribution < -0.4 is 10.1 Å². The summed E-state index contributed by atoms with van der Waals surface area (Å²) in [4.78, 5) is 11.8. The summed E-state index contributed by atoms with van der Waals surface area (Å²) in [6, 6.07) is 4.94. The minimum Gasteiger partial charge on any atom is -0.508 e. The summed E-state index contributed by atoms with van der Waals surface area (Å²) in [5, 5.41) is 12.3. The van der Waals surface area contributed by atoms with Crippen molar-refractivity contribution >= 4 is 5.91 Å². The van der Waals surface area contributed by atoms with Gasteiger partial charge in [-0.15, -0.1) is 0 Å². The molecule has 0 radical (unpaired) electrons. The molecule has 0 spiro atoms. The van der Waals surface area contributed by atoms with E-state index in [1.165, 1.54) is 6.07 Å². The van der Waals surface area contributed by atoms with Crippen LogP contribution in [0.15, 0.2) is 18.2 Å². The van der Waals surface area contributed by atoms with Crippen LogP contribution in [0.4, 0.5) is 0 Å². The Balaban J connectivity index is 2.44. The second-order valence-electron chi connectivity index (χ2n) is 4.76. The van der Waals surface area contributed by atoms with Gasteiger partial charge in [-0.2, -0.15) is 0 Å². The summed E-state index contributed by atoms with van der Waals surface area (Å²) in [5.41, 5.74) is 0.894. The predicted molar refractivity (Wildman–Crippen MR) is 75.5 cm³/mol. The van der Waals surface area contributed by atoms with Crippen LogP contribution in [0, 0.1) is 6.92 Å². The minimum atomic E-state index is -0.567. The molecule has 1 amide bonds. The second-order valence-corrected chi connectivity index (χ2v) is 4.76. The lowest BCUT2D eigenvalue weighted by Gasteiger charge is -2.15. The molecule has 0 aliphatic heterocycles. The molecule has 0 heterocycles. The van der Waals surface area contributed by atoms with Gasteiger partial charge in [-0.3, -0.25) is 4.79 Å². The number of nitrogens with one attached hydrogen (secondary N) is 1. The monoisotopic (exact) mass is 265 g/mol. The van der Waals surface area contributed by atoms with Crippen molar-refractivity contribution in [3.8, 4) is 11.5 Å². The molecule has 2 N–H and O–H groups in total. The number of carbonyl (C=O) groups excluding carboxylic acids is 1. The molecule has 1 aromatic carbocycles. The third-order valence-electron chi connectivity index (χ3n) is 2.80. The summed E-state index contributed by atoms with van der Waals surface area (Å²) in [7, 11) is 0. The van der Waals surface area contributed by atoms with Crippen LogP contribution in [0.3, 0.4) is 0 Å². The summed E-state index contributed by atoms with van der Waals surface area (Å²) < 4.78 is 5.52. The standard InChI is InChI=1S/C15H23NO3/c1-4-5-6-7-16-15(18)12(3)19-14-9-11(2)8-13(17)10-14/h8-10,12,17H,4-7H2,1-3H3,(H,16,18). The highest BCUT2D eigenvalue weighted by atomic mass is 16.5. The van der Waals surface area contributed by atoms with E-state index in [4.69, 9.17) is 4.74 Å². The lowest BCUT2D eigenvalue weighted by molar-refractivity contribution is -0.127. The highest BCUT2D eigenvalue weighted by Gasteiger charge is 2.14. The number of aromatic hydroxyl groups is 1. The molecule has 0 saturated heterocycles. The van der Waals surface area contributed by atoms with Gasteiger partial charge < -0.3 is 15.2 Å². The third kappa shape index (κ3) is 5.64. The molecule has 0 fully saturated rings. The van der Waals surface area contributed by atoms with Crippen molar-refractivity contribution in [1.29, 1.82) is 0 Å². The second kappa shape index (κ2) is 7.67. The smallest absolute Gasteiger partial charge is 0.260 e. The highest BCUT2D eigenvalue weighted by molar-refractivity contribution is 5.80. The number of benzene rings is 1. The van der Waals surface area contributed by atoms with Crippen LogP contribution in [0.5, 0.6) is 11.5 Å². The normalized spacial score (nSPS) is 11.9. The fourth-order valence-electron chi connectivity index (χ4n) is 1.78. The Labute approximate surface area is 114 Å². The first-order valence-corrected chi connectivity index (χ1v) is 6.78. The molecule has 0 aromatic heterocycles. The maximum absolute atomic E-state index is 11.8. The molecule has 0 saturated carbocycles. The number of phenols is 1. The van der Waals surface area contributed by atoms with E-state index in [1.54, 1.807) is 19.1 Å². The first kappa shape index (κ1) is 15.3. The minimum absolute atomic E-state index is 0.128. The zero-order chi connectivity index (χ0) is 14.3. The molecule has 4 nitrogen and oxygen atoms in total. The van der Waals surface area contributed by atoms with Crippen LogP contribution in [0.1, 0.15) is 38.7 Å². The fraction of sp³-hybridized carbons (Fsp3) is 0.533. The van der Waals surface area contributed by atoms with Gasteiger partial charge in [0, 0.05) is 12.6 Å². The Morgan fingerprint density at radius 3 is 2.74 bits per heavy atom. The van der Waals surface area contributed by atoms with Crippen molar-refractivity contribution in [3.05, 3.63) is 23.8 Å². The molecular weight excluding hydrogens is 242 g/mol. The van der Waals surface area contributed by atoms with E-state index in [1.807, 2.05) is 6.92 Å². The van der Waals surface area contributed by atoms with Crippen LogP contribution in [0.25, 0.3) is 0 Å². The first-order chi connectivity index (χ1) is 9.02. The molecule has 1 unspecified atom stereocenters. The quantitative estimate of drug-likeness (QED) is 0.745. The summed E-state index contributed by atoms with van der Waals surface area (Å²) >= 11 is 0. The van der Waals surface area contributed by atoms with Gasteiger partial charge >= 0.3 is 0 Å². The van der Waals surface area contributed by atoms with Gasteiger partial charge in [0.25, 0.3) is 5.91 Å². The van der Waals surface area contributed by atoms with E-state index in [9.17, 15) is 9.90 Å². The third-order valence-corrected chi connectivity index (χ3v) is 2.80. The lowest BCUT2D eigenvalue weighted by atomic mass is 10.2. The van der Waals surface area contributed by atoms with E-state index in [2.05, 4.69) is 12.2 Å². The van der Waals surface area contributed by atoms with E-state index in [-0.39, 0.29) is 11.7 Å². The maximum atomic E-state index is 11.8. The lowest BCUT2D eigenvalue weighted by Crippen LogP contribution is -2.36. The molecule has 1 aromatic rings. The molecule has 19 heavy (non-hydrogen) atoms. The van der Waals surface area contributed by atoms with Gasteiger partial charge in [0.2, 0.25) is 0 Å². The number of hydrogen-bond acceptors (Lipinski definition) is 3. The fourth-order valence-corrected chi connectivity index (χ4v) is 1.78. The predicted octanol–water partition coefficient (Wildman–Crippen LogP) is 2.77. The van der Waals surface area contributed by atoms with Crippen LogP contribution in [-0.4, -0.2) is 23.7 Å². The van der Waals surface area contributed by atoms with Gasteiger partial charge in [-0.05, 0) is 38.0 Å². The van der Waals surface area contributed by atoms with Gasteiger partial charge in [-0.1, -0.05) is 19.8 Å². The Morgan fingerprint density at radius 1 is 1.37 bits per heavy atom. The topological polar surface area (TPSA) is 58.6 Å². The van der Waals surface area contributed by atoms with Gasteiger partial charge in [0.15, 0.2) is 6.10 Å². The van der Waals surface area contributed by atoms with Crippen molar-refractivity contribution in [2.45, 2.75) is 46.1 Å². The van der Waals surface area contributed by atoms with E-state index in [0.717, 1.165) is 24.8 Å². The number of ether oxygens (including phenoxy) is 1. The van der Waals surface area contributed by atoms with E-state index >= 15 is 0 Å². The number of unbranched alkanes of at least 4 members (excludes halogenated alkanes) is 2. The Kier molecular flexibility index (Phi) is 6.19. The molecule has 106 valence electrons. The zero-order valence-corrected chi connectivity index (χ0v) is 11.9. The molecule has 0 aliphatic rings. The van der Waals surface area contributed by atoms with Gasteiger partial charge in [-0.25, -0.2) is 0 Å². The van der Waals surface area contributed by atoms with Crippen molar-refractivity contribution < 1.29 is 14.6 Å². The maximum Gasteiger partial charge on any atom is 0.260 e. The largest absolute Gasteiger partial charge is 0.508 e. The molecule has 4 heteroatoms. The van der Waals surface area contributed by atoms with Crippen LogP contribution in [-0.2, 0) is 4.79 Å². The Morgan fingerprint density at radius 2 is 2.11 bits per heavy atom. The molecule has 1 atom stereocenters. The van der Waals surface area contributed by atoms with Crippen molar-refractivity contribution in [2.75, 3.05) is 6.54 Å². The Bertz CT molecular complexity index is 398. The van der Waals surface area contributed by atoms with Crippen LogP contribution in [0.2, 0.25) is 0 Å². The summed E-state index contributed by atoms with van der Waals surface area (Å²) in [6.45, 7) is 6.37. The number of amides is 1. The zero-order valence-electron chi connectivity index (χ0n) is 11.9. The number of rotatable bonds is 7. The van der Waals surface area contributed by atoms with Crippen LogP contribution >= 0.6 is 0 Å². The number of aryl methyl sites for hydroxylation is 1. The number of phenolic OH excluding ortho intramolecular Hbond substituents is 1.